The Morgan fingerprint density at radius 1 is 1.17 bits per heavy atom. The van der Waals surface area contributed by atoms with Gasteiger partial charge in [0.2, 0.25) is 0 Å². The third kappa shape index (κ3) is 4.80. The quantitative estimate of drug-likeness (QED) is 0.402. The van der Waals surface area contributed by atoms with Crippen LogP contribution in [0.2, 0.25) is 5.02 Å². The fraction of sp³-hybridized carbons (Fsp3) is 0.400. The number of thiophene rings is 1. The number of ether oxygens (including phenoxy) is 2. The van der Waals surface area contributed by atoms with E-state index in [2.05, 4.69) is 27.1 Å². The van der Waals surface area contributed by atoms with Gasteiger partial charge in [0.05, 0.1) is 17.5 Å². The number of halogens is 1. The molecule has 9 nitrogen and oxygen atoms in total. The fourth-order valence-corrected chi connectivity index (χ4v) is 5.81. The molecule has 0 unspecified atom stereocenters. The van der Waals surface area contributed by atoms with E-state index >= 15 is 0 Å². The van der Waals surface area contributed by atoms with E-state index in [-0.39, 0.29) is 6.09 Å². The van der Waals surface area contributed by atoms with Gasteiger partial charge in [-0.2, -0.15) is 5.10 Å². The SMILES string of the molecule is COc1cc(Cl)cc2cc(-c3cc(CN4CCN(C(=O)OC(C)(C)C)CC4)n4ncnc(N)c34)sc12. The topological polar surface area (TPSA) is 98.2 Å². The standard InChI is InChI=1S/C25H29ClN6O3S/c1-25(2,3)35-24(33)31-7-5-30(6-8-31)13-17-12-18(21-23(27)28-14-29-32(17)21)20-10-15-9-16(26)11-19(34-4)22(15)36-20/h9-12,14H,5-8,13H2,1-4H3,(H2,27,28,29). The van der Waals surface area contributed by atoms with Crippen molar-refractivity contribution in [1.29, 1.82) is 0 Å². The number of nitrogens with two attached hydrogens (primary N) is 1. The van der Waals surface area contributed by atoms with Crippen LogP contribution in [0.1, 0.15) is 26.5 Å². The summed E-state index contributed by atoms with van der Waals surface area (Å²) in [6, 6.07) is 7.98. The van der Waals surface area contributed by atoms with Crippen LogP contribution in [0.3, 0.4) is 0 Å². The normalized spacial score (nSPS) is 15.1. The maximum atomic E-state index is 12.4. The van der Waals surface area contributed by atoms with Crippen molar-refractivity contribution in [3.8, 4) is 16.2 Å². The number of methoxy groups -OCH3 is 1. The molecule has 1 saturated heterocycles. The van der Waals surface area contributed by atoms with E-state index in [9.17, 15) is 4.79 Å². The average molecular weight is 529 g/mol. The van der Waals surface area contributed by atoms with Crippen LogP contribution in [0, 0.1) is 0 Å². The van der Waals surface area contributed by atoms with Crippen molar-refractivity contribution < 1.29 is 14.3 Å². The van der Waals surface area contributed by atoms with E-state index in [4.69, 9.17) is 26.8 Å². The Kier molecular flexibility index (Phi) is 6.44. The lowest BCUT2D eigenvalue weighted by Gasteiger charge is -2.35. The van der Waals surface area contributed by atoms with Crippen LogP contribution in [0.15, 0.2) is 30.6 Å². The zero-order chi connectivity index (χ0) is 25.6. The molecule has 0 saturated carbocycles. The number of aromatic nitrogens is 3. The van der Waals surface area contributed by atoms with Crippen LogP contribution in [0.4, 0.5) is 10.6 Å². The fourth-order valence-electron chi connectivity index (χ4n) is 4.45. The summed E-state index contributed by atoms with van der Waals surface area (Å²) >= 11 is 7.92. The molecule has 1 aliphatic heterocycles. The molecule has 190 valence electrons. The van der Waals surface area contributed by atoms with Gasteiger partial charge in [0, 0.05) is 54.3 Å². The maximum Gasteiger partial charge on any atom is 0.410 e. The van der Waals surface area contributed by atoms with Gasteiger partial charge in [-0.05, 0) is 44.4 Å². The molecule has 4 aromatic rings. The molecule has 0 radical (unpaired) electrons. The van der Waals surface area contributed by atoms with Gasteiger partial charge < -0.3 is 20.1 Å². The smallest absolute Gasteiger partial charge is 0.410 e. The number of benzene rings is 1. The lowest BCUT2D eigenvalue weighted by atomic mass is 10.2. The Hall–Kier alpha value is -3.08. The number of carbonyl (C=O) groups is 1. The van der Waals surface area contributed by atoms with Crippen LogP contribution in [0.5, 0.6) is 5.75 Å². The molecule has 0 atom stereocenters. The van der Waals surface area contributed by atoms with Crippen molar-refractivity contribution in [1.82, 2.24) is 24.4 Å². The third-order valence-corrected chi connectivity index (χ3v) is 7.52. The van der Waals surface area contributed by atoms with E-state index < -0.39 is 5.60 Å². The van der Waals surface area contributed by atoms with Crippen LogP contribution < -0.4 is 10.5 Å². The Morgan fingerprint density at radius 3 is 2.61 bits per heavy atom. The summed E-state index contributed by atoms with van der Waals surface area (Å²) in [5.74, 6) is 1.16. The molecule has 1 amide bonds. The minimum Gasteiger partial charge on any atom is -0.495 e. The number of anilines is 1. The van der Waals surface area contributed by atoms with Crippen LogP contribution in [-0.4, -0.2) is 69.4 Å². The molecule has 0 spiro atoms. The molecule has 5 rings (SSSR count). The number of nitrogen functional groups attached to an aromatic ring is 1. The monoisotopic (exact) mass is 528 g/mol. The minimum atomic E-state index is -0.503. The Labute approximate surface area is 218 Å². The Balaban J connectivity index is 1.43. The summed E-state index contributed by atoms with van der Waals surface area (Å²) in [6.07, 6.45) is 1.21. The number of rotatable bonds is 4. The number of hydrogen-bond acceptors (Lipinski definition) is 8. The van der Waals surface area contributed by atoms with E-state index in [1.807, 2.05) is 37.4 Å². The third-order valence-electron chi connectivity index (χ3n) is 6.10. The Bertz CT molecular complexity index is 1440. The zero-order valence-corrected chi connectivity index (χ0v) is 22.3. The Morgan fingerprint density at radius 2 is 1.92 bits per heavy atom. The second kappa shape index (κ2) is 9.42. The summed E-state index contributed by atoms with van der Waals surface area (Å²) in [6.45, 7) is 9.00. The number of hydrogen-bond donors (Lipinski definition) is 1. The summed E-state index contributed by atoms with van der Waals surface area (Å²) in [5.41, 5.74) is 8.57. The molecule has 2 N–H and O–H groups in total. The summed E-state index contributed by atoms with van der Waals surface area (Å²) in [7, 11) is 1.64. The molecule has 0 aliphatic carbocycles. The number of amides is 1. The molecule has 0 bridgehead atoms. The molecule has 36 heavy (non-hydrogen) atoms. The van der Waals surface area contributed by atoms with Gasteiger partial charge in [-0.15, -0.1) is 11.3 Å². The van der Waals surface area contributed by atoms with Crippen molar-refractivity contribution in [2.45, 2.75) is 32.9 Å². The molecule has 1 fully saturated rings. The number of carbonyl (C=O) groups excluding carboxylic acids is 1. The summed E-state index contributed by atoms with van der Waals surface area (Å²) < 4.78 is 14.0. The van der Waals surface area contributed by atoms with Crippen molar-refractivity contribution in [2.75, 3.05) is 39.0 Å². The molecule has 1 aromatic carbocycles. The largest absolute Gasteiger partial charge is 0.495 e. The van der Waals surface area contributed by atoms with Crippen molar-refractivity contribution >= 4 is 50.5 Å². The highest BCUT2D eigenvalue weighted by atomic mass is 35.5. The summed E-state index contributed by atoms with van der Waals surface area (Å²) in [5, 5.41) is 6.14. The summed E-state index contributed by atoms with van der Waals surface area (Å²) in [4.78, 5) is 21.8. The van der Waals surface area contributed by atoms with E-state index in [0.717, 1.165) is 50.6 Å². The van der Waals surface area contributed by atoms with E-state index in [0.29, 0.717) is 30.5 Å². The van der Waals surface area contributed by atoms with Gasteiger partial charge in [0.15, 0.2) is 5.82 Å². The lowest BCUT2D eigenvalue weighted by molar-refractivity contribution is 0.0138. The zero-order valence-electron chi connectivity index (χ0n) is 20.7. The molecule has 4 heterocycles. The predicted octanol–water partition coefficient (Wildman–Crippen LogP) is 4.91. The van der Waals surface area contributed by atoms with E-state index in [1.54, 1.807) is 23.3 Å². The number of piperazine rings is 1. The highest BCUT2D eigenvalue weighted by Crippen LogP contribution is 2.42. The minimum absolute atomic E-state index is 0.265. The predicted molar refractivity (Wildman–Crippen MR) is 143 cm³/mol. The van der Waals surface area contributed by atoms with Gasteiger partial charge in [0.25, 0.3) is 0 Å². The van der Waals surface area contributed by atoms with Crippen LogP contribution in [-0.2, 0) is 11.3 Å². The first-order valence-corrected chi connectivity index (χ1v) is 12.9. The van der Waals surface area contributed by atoms with Crippen molar-refractivity contribution in [3.63, 3.8) is 0 Å². The lowest BCUT2D eigenvalue weighted by Crippen LogP contribution is -2.49. The van der Waals surface area contributed by atoms with Gasteiger partial charge >= 0.3 is 6.09 Å². The van der Waals surface area contributed by atoms with Crippen molar-refractivity contribution in [2.24, 2.45) is 0 Å². The van der Waals surface area contributed by atoms with Crippen LogP contribution >= 0.6 is 22.9 Å². The molecule has 1 aliphatic rings. The average Bonchev–Trinajstić information content (AvgIpc) is 3.40. The number of fused-ring (bicyclic) bond motifs is 2. The van der Waals surface area contributed by atoms with Gasteiger partial charge in [-0.3, -0.25) is 4.90 Å². The second-order valence-corrected chi connectivity index (χ2v) is 11.3. The first kappa shape index (κ1) is 24.6. The van der Waals surface area contributed by atoms with E-state index in [1.165, 1.54) is 6.33 Å². The highest BCUT2D eigenvalue weighted by Gasteiger charge is 2.27. The number of nitrogens with zero attached hydrogens (tertiary/aromatic N) is 5. The molecule has 3 aromatic heterocycles. The molecular formula is C25H29ClN6O3S. The first-order chi connectivity index (χ1) is 17.1. The van der Waals surface area contributed by atoms with Gasteiger partial charge in [0.1, 0.15) is 23.2 Å². The maximum absolute atomic E-state index is 12.4. The van der Waals surface area contributed by atoms with Crippen LogP contribution in [0.25, 0.3) is 26.0 Å². The highest BCUT2D eigenvalue weighted by molar-refractivity contribution is 7.22. The second-order valence-electron chi connectivity index (χ2n) is 9.84. The van der Waals surface area contributed by atoms with Gasteiger partial charge in [-0.25, -0.2) is 14.3 Å². The first-order valence-electron chi connectivity index (χ1n) is 11.7. The van der Waals surface area contributed by atoms with Crippen molar-refractivity contribution in [3.05, 3.63) is 41.3 Å². The molecule has 11 heteroatoms. The molecular weight excluding hydrogens is 500 g/mol. The van der Waals surface area contributed by atoms with Gasteiger partial charge in [-0.1, -0.05) is 11.6 Å².